The second-order valence-corrected chi connectivity index (χ2v) is 7.75. The summed E-state index contributed by atoms with van der Waals surface area (Å²) in [7, 11) is 0. The van der Waals surface area contributed by atoms with Gasteiger partial charge >= 0.3 is 0 Å². The van der Waals surface area contributed by atoms with Crippen LogP contribution in [0.5, 0.6) is 11.5 Å². The molecule has 2 aromatic rings. The second-order valence-electron chi connectivity index (χ2n) is 7.75. The molecule has 29 heavy (non-hydrogen) atoms. The molecule has 4 nitrogen and oxygen atoms in total. The molecule has 0 aromatic heterocycles. The molecule has 0 radical (unpaired) electrons. The predicted molar refractivity (Wildman–Crippen MR) is 117 cm³/mol. The average Bonchev–Trinajstić information content (AvgIpc) is 2.75. The number of aryl methyl sites for hydroxylation is 3. The summed E-state index contributed by atoms with van der Waals surface area (Å²) < 4.78 is 11.7. The van der Waals surface area contributed by atoms with Crippen molar-refractivity contribution in [3.8, 4) is 11.5 Å². The Morgan fingerprint density at radius 2 is 1.90 bits per heavy atom. The molecule has 2 aromatic carbocycles. The van der Waals surface area contributed by atoms with Gasteiger partial charge in [-0.1, -0.05) is 31.2 Å². The van der Waals surface area contributed by atoms with Gasteiger partial charge in [0.15, 0.2) is 6.10 Å². The highest BCUT2D eigenvalue weighted by Gasteiger charge is 2.16. The van der Waals surface area contributed by atoms with Crippen LogP contribution in [0.4, 0.5) is 0 Å². The number of nitrogens with one attached hydrogen (secondary N) is 1. The first-order chi connectivity index (χ1) is 14.2. The Morgan fingerprint density at radius 3 is 2.72 bits per heavy atom. The number of rotatable bonds is 10. The van der Waals surface area contributed by atoms with Crippen LogP contribution in [0, 0.1) is 0 Å². The van der Waals surface area contributed by atoms with Gasteiger partial charge in [-0.2, -0.15) is 0 Å². The lowest BCUT2D eigenvalue weighted by atomic mass is 9.92. The maximum Gasteiger partial charge on any atom is 0.260 e. The monoisotopic (exact) mass is 395 g/mol. The first-order valence-electron chi connectivity index (χ1n) is 10.9. The Bertz CT molecular complexity index is 802. The molecule has 1 N–H and O–H groups in total. The van der Waals surface area contributed by atoms with E-state index < -0.39 is 6.10 Å². The van der Waals surface area contributed by atoms with E-state index in [2.05, 4.69) is 30.4 Å². The van der Waals surface area contributed by atoms with Gasteiger partial charge in [0, 0.05) is 6.54 Å². The van der Waals surface area contributed by atoms with Crippen molar-refractivity contribution in [3.05, 3.63) is 59.2 Å². The molecule has 1 atom stereocenters. The topological polar surface area (TPSA) is 47.6 Å². The summed E-state index contributed by atoms with van der Waals surface area (Å²) in [6.07, 6.45) is 6.99. The standard InChI is InChI=1S/C25H33NO3/c1-3-17-28-24-13-7-6-10-21(24)12-8-16-26-25(27)19(2)29-23-15-14-20-9-4-5-11-22(20)18-23/h6-7,10,13-15,18-19H,3-5,8-9,11-12,16-17H2,1-2H3,(H,26,27)/t19-/m0/s1. The van der Waals surface area contributed by atoms with Gasteiger partial charge in [-0.3, -0.25) is 4.79 Å². The van der Waals surface area contributed by atoms with Gasteiger partial charge in [0.2, 0.25) is 0 Å². The van der Waals surface area contributed by atoms with Gasteiger partial charge in [-0.25, -0.2) is 0 Å². The van der Waals surface area contributed by atoms with Crippen LogP contribution in [0.2, 0.25) is 0 Å². The summed E-state index contributed by atoms with van der Waals surface area (Å²) in [5.74, 6) is 1.67. The number of benzene rings is 2. The molecular formula is C25H33NO3. The predicted octanol–water partition coefficient (Wildman–Crippen LogP) is 4.87. The lowest BCUT2D eigenvalue weighted by Crippen LogP contribution is -2.37. The van der Waals surface area contributed by atoms with Crippen molar-refractivity contribution in [1.82, 2.24) is 5.32 Å². The first kappa shape index (κ1) is 21.2. The van der Waals surface area contributed by atoms with Crippen LogP contribution in [0.3, 0.4) is 0 Å². The Labute approximate surface area is 174 Å². The van der Waals surface area contributed by atoms with Crippen LogP contribution in [0.1, 0.15) is 56.2 Å². The van der Waals surface area contributed by atoms with E-state index in [4.69, 9.17) is 9.47 Å². The number of fused-ring (bicyclic) bond motifs is 1. The van der Waals surface area contributed by atoms with Crippen LogP contribution >= 0.6 is 0 Å². The van der Waals surface area contributed by atoms with Gasteiger partial charge in [-0.15, -0.1) is 0 Å². The third kappa shape index (κ3) is 6.25. The molecule has 0 fully saturated rings. The molecule has 1 aliphatic carbocycles. The van der Waals surface area contributed by atoms with Crippen molar-refractivity contribution in [1.29, 1.82) is 0 Å². The van der Waals surface area contributed by atoms with Crippen molar-refractivity contribution in [2.24, 2.45) is 0 Å². The largest absolute Gasteiger partial charge is 0.493 e. The number of ether oxygens (including phenoxy) is 2. The fourth-order valence-electron chi connectivity index (χ4n) is 3.74. The van der Waals surface area contributed by atoms with Crippen LogP contribution in [-0.4, -0.2) is 25.2 Å². The van der Waals surface area contributed by atoms with Gasteiger partial charge in [-0.05, 0) is 86.8 Å². The summed E-state index contributed by atoms with van der Waals surface area (Å²) in [6, 6.07) is 14.4. The molecule has 0 saturated carbocycles. The summed E-state index contributed by atoms with van der Waals surface area (Å²) in [4.78, 5) is 12.4. The quantitative estimate of drug-likeness (QED) is 0.584. The number of amides is 1. The van der Waals surface area contributed by atoms with E-state index >= 15 is 0 Å². The SMILES string of the molecule is CCCOc1ccccc1CCCNC(=O)[C@H](C)Oc1ccc2c(c1)CCCC2. The van der Waals surface area contributed by atoms with Gasteiger partial charge < -0.3 is 14.8 Å². The highest BCUT2D eigenvalue weighted by molar-refractivity contribution is 5.80. The lowest BCUT2D eigenvalue weighted by molar-refractivity contribution is -0.127. The normalized spacial score (nSPS) is 14.0. The third-order valence-electron chi connectivity index (χ3n) is 5.36. The van der Waals surface area contributed by atoms with E-state index in [0.29, 0.717) is 6.54 Å². The molecule has 1 aliphatic rings. The molecule has 156 valence electrons. The Kier molecular flexibility index (Phi) is 7.97. The van der Waals surface area contributed by atoms with Gasteiger partial charge in [0.25, 0.3) is 5.91 Å². The molecule has 0 aliphatic heterocycles. The lowest BCUT2D eigenvalue weighted by Gasteiger charge is -2.19. The second kappa shape index (κ2) is 10.9. The fourth-order valence-corrected chi connectivity index (χ4v) is 3.74. The highest BCUT2D eigenvalue weighted by Crippen LogP contribution is 2.26. The zero-order chi connectivity index (χ0) is 20.5. The van der Waals surface area contributed by atoms with E-state index in [1.165, 1.54) is 29.5 Å². The van der Waals surface area contributed by atoms with E-state index in [9.17, 15) is 4.79 Å². The van der Waals surface area contributed by atoms with Crippen molar-refractivity contribution < 1.29 is 14.3 Å². The molecule has 4 heteroatoms. The minimum Gasteiger partial charge on any atom is -0.493 e. The molecule has 0 bridgehead atoms. The first-order valence-corrected chi connectivity index (χ1v) is 10.9. The molecule has 0 saturated heterocycles. The minimum absolute atomic E-state index is 0.0711. The molecule has 0 spiro atoms. The van der Waals surface area contributed by atoms with Crippen LogP contribution in [-0.2, 0) is 24.1 Å². The van der Waals surface area contributed by atoms with Crippen molar-refractivity contribution in [2.45, 2.75) is 64.9 Å². The van der Waals surface area contributed by atoms with Gasteiger partial charge in [0.1, 0.15) is 11.5 Å². The fraction of sp³-hybridized carbons (Fsp3) is 0.480. The van der Waals surface area contributed by atoms with E-state index in [1.54, 1.807) is 0 Å². The maximum absolute atomic E-state index is 12.4. The zero-order valence-corrected chi connectivity index (χ0v) is 17.7. The van der Waals surface area contributed by atoms with E-state index in [0.717, 1.165) is 50.2 Å². The Morgan fingerprint density at radius 1 is 1.10 bits per heavy atom. The van der Waals surface area contributed by atoms with E-state index in [-0.39, 0.29) is 5.91 Å². The van der Waals surface area contributed by atoms with Crippen LogP contribution in [0.25, 0.3) is 0 Å². The van der Waals surface area contributed by atoms with Crippen LogP contribution in [0.15, 0.2) is 42.5 Å². The van der Waals surface area contributed by atoms with Crippen molar-refractivity contribution in [3.63, 3.8) is 0 Å². The Balaban J connectivity index is 1.43. The summed E-state index contributed by atoms with van der Waals surface area (Å²) in [5.41, 5.74) is 3.97. The van der Waals surface area contributed by atoms with Gasteiger partial charge in [0.05, 0.1) is 6.61 Å². The number of carbonyl (C=O) groups excluding carboxylic acids is 1. The highest BCUT2D eigenvalue weighted by atomic mass is 16.5. The number of hydrogen-bond donors (Lipinski definition) is 1. The number of hydrogen-bond acceptors (Lipinski definition) is 3. The summed E-state index contributed by atoms with van der Waals surface area (Å²) in [6.45, 7) is 5.26. The smallest absolute Gasteiger partial charge is 0.260 e. The maximum atomic E-state index is 12.4. The van der Waals surface area contributed by atoms with E-state index in [1.807, 2.05) is 31.2 Å². The third-order valence-corrected chi connectivity index (χ3v) is 5.36. The van der Waals surface area contributed by atoms with Crippen molar-refractivity contribution in [2.75, 3.05) is 13.2 Å². The molecule has 0 heterocycles. The van der Waals surface area contributed by atoms with Crippen molar-refractivity contribution >= 4 is 5.91 Å². The summed E-state index contributed by atoms with van der Waals surface area (Å²) >= 11 is 0. The molecular weight excluding hydrogens is 362 g/mol. The average molecular weight is 396 g/mol. The molecule has 0 unspecified atom stereocenters. The minimum atomic E-state index is -0.503. The number of para-hydroxylation sites is 1. The number of carbonyl (C=O) groups is 1. The summed E-state index contributed by atoms with van der Waals surface area (Å²) in [5, 5.41) is 2.99. The molecule has 3 rings (SSSR count). The zero-order valence-electron chi connectivity index (χ0n) is 17.7. The van der Waals surface area contributed by atoms with Crippen LogP contribution < -0.4 is 14.8 Å². The molecule has 1 amide bonds. The Hall–Kier alpha value is -2.49.